The van der Waals surface area contributed by atoms with E-state index in [1.165, 1.54) is 11.8 Å². The lowest BCUT2D eigenvalue weighted by Gasteiger charge is -2.29. The van der Waals surface area contributed by atoms with E-state index in [1.807, 2.05) is 43.3 Å². The Bertz CT molecular complexity index is 1600. The minimum atomic E-state index is -0.661. The summed E-state index contributed by atoms with van der Waals surface area (Å²) in [7, 11) is 6.24. The second-order valence-electron chi connectivity index (χ2n) is 9.29. The van der Waals surface area contributed by atoms with Gasteiger partial charge >= 0.3 is 0 Å². The Hall–Kier alpha value is -4.35. The predicted octanol–water partition coefficient (Wildman–Crippen LogP) is 6.19. The minimum Gasteiger partial charge on any atom is -0.497 e. The highest BCUT2D eigenvalue weighted by molar-refractivity contribution is 7.98. The van der Waals surface area contributed by atoms with Gasteiger partial charge in [0.1, 0.15) is 11.8 Å². The molecule has 0 saturated carbocycles. The zero-order valence-electron chi connectivity index (χ0n) is 23.7. The smallest absolute Gasteiger partial charge is 0.255 e. The Morgan fingerprint density at radius 3 is 2.24 bits per heavy atom. The number of nitrogens with zero attached hydrogens (tertiary/aromatic N) is 3. The summed E-state index contributed by atoms with van der Waals surface area (Å²) in [6.07, 6.45) is 0. The van der Waals surface area contributed by atoms with Gasteiger partial charge in [-0.25, -0.2) is 4.68 Å². The molecule has 2 heterocycles. The number of carbonyl (C=O) groups is 1. The van der Waals surface area contributed by atoms with Crippen LogP contribution in [0.1, 0.15) is 24.1 Å². The quantitative estimate of drug-likeness (QED) is 0.204. The fourth-order valence-corrected chi connectivity index (χ4v) is 5.57. The number of nitrogens with one attached hydrogen (secondary N) is 2. The second-order valence-corrected chi connectivity index (χ2v) is 10.7. The van der Waals surface area contributed by atoms with E-state index < -0.39 is 6.04 Å². The van der Waals surface area contributed by atoms with Gasteiger partial charge in [-0.2, -0.15) is 4.98 Å². The van der Waals surface area contributed by atoms with Gasteiger partial charge in [0.25, 0.3) is 5.91 Å². The lowest BCUT2D eigenvalue weighted by Crippen LogP contribution is -2.31. The number of aromatic nitrogens is 3. The van der Waals surface area contributed by atoms with Gasteiger partial charge in [0.05, 0.1) is 34.0 Å². The zero-order chi connectivity index (χ0) is 29.8. The molecular weight excluding hydrogens is 578 g/mol. The number of halogens is 1. The summed E-state index contributed by atoms with van der Waals surface area (Å²) in [5, 5.41) is 12.3. The van der Waals surface area contributed by atoms with Gasteiger partial charge in [0.15, 0.2) is 11.5 Å². The number of ether oxygens (including phenoxy) is 4. The summed E-state index contributed by atoms with van der Waals surface area (Å²) in [5.74, 6) is 2.89. The first-order chi connectivity index (χ1) is 20.3. The van der Waals surface area contributed by atoms with Crippen molar-refractivity contribution in [2.24, 2.45) is 0 Å². The average molecular weight is 608 g/mol. The summed E-state index contributed by atoms with van der Waals surface area (Å²) in [6, 6.07) is 17.7. The molecule has 42 heavy (non-hydrogen) atoms. The van der Waals surface area contributed by atoms with Crippen LogP contribution in [-0.4, -0.2) is 49.1 Å². The number of anilines is 2. The number of carbonyl (C=O) groups excluding carboxylic acids is 1. The molecule has 1 aliphatic rings. The van der Waals surface area contributed by atoms with Gasteiger partial charge in [-0.05, 0) is 66.6 Å². The number of rotatable bonds is 10. The van der Waals surface area contributed by atoms with Crippen molar-refractivity contribution in [2.75, 3.05) is 39.1 Å². The fraction of sp³-hybridized carbons (Fsp3) is 0.233. The van der Waals surface area contributed by atoms with E-state index in [4.69, 9.17) is 40.6 Å². The lowest BCUT2D eigenvalue weighted by atomic mass is 9.94. The van der Waals surface area contributed by atoms with Crippen LogP contribution >= 0.6 is 23.4 Å². The van der Waals surface area contributed by atoms with Gasteiger partial charge in [-0.3, -0.25) is 4.79 Å². The van der Waals surface area contributed by atoms with Crippen molar-refractivity contribution >= 4 is 40.9 Å². The van der Waals surface area contributed by atoms with Crippen LogP contribution in [0.4, 0.5) is 11.6 Å². The van der Waals surface area contributed by atoms with E-state index in [2.05, 4.69) is 10.6 Å². The van der Waals surface area contributed by atoms with Crippen molar-refractivity contribution in [3.8, 4) is 23.0 Å². The van der Waals surface area contributed by atoms with Gasteiger partial charge in [-0.15, -0.1) is 5.10 Å². The molecule has 0 bridgehead atoms. The van der Waals surface area contributed by atoms with Crippen molar-refractivity contribution in [3.05, 3.63) is 88.1 Å². The topological polar surface area (TPSA) is 109 Å². The Morgan fingerprint density at radius 1 is 0.976 bits per heavy atom. The first-order valence-electron chi connectivity index (χ1n) is 12.9. The van der Waals surface area contributed by atoms with Crippen LogP contribution in [0.25, 0.3) is 0 Å². The Labute approximate surface area is 253 Å². The van der Waals surface area contributed by atoms with Crippen LogP contribution in [0.2, 0.25) is 5.02 Å². The maximum atomic E-state index is 13.9. The van der Waals surface area contributed by atoms with Crippen molar-refractivity contribution in [1.82, 2.24) is 14.8 Å². The monoisotopic (exact) mass is 607 g/mol. The maximum absolute atomic E-state index is 13.9. The van der Waals surface area contributed by atoms with Crippen molar-refractivity contribution in [3.63, 3.8) is 0 Å². The zero-order valence-corrected chi connectivity index (χ0v) is 25.3. The fourth-order valence-electron chi connectivity index (χ4n) is 4.66. The van der Waals surface area contributed by atoms with Crippen LogP contribution in [0, 0.1) is 0 Å². The van der Waals surface area contributed by atoms with E-state index in [0.29, 0.717) is 67.4 Å². The predicted molar refractivity (Wildman–Crippen MR) is 163 cm³/mol. The molecule has 1 unspecified atom stereocenters. The normalized spacial score (nSPS) is 14.1. The molecule has 0 radical (unpaired) electrons. The number of benzene rings is 3. The van der Waals surface area contributed by atoms with Crippen molar-refractivity contribution in [2.45, 2.75) is 23.9 Å². The number of thioether (sulfide) groups is 1. The van der Waals surface area contributed by atoms with Crippen LogP contribution in [0.5, 0.6) is 23.0 Å². The summed E-state index contributed by atoms with van der Waals surface area (Å²) in [4.78, 5) is 18.6. The van der Waals surface area contributed by atoms with Crippen LogP contribution in [0.3, 0.4) is 0 Å². The molecule has 3 aromatic carbocycles. The van der Waals surface area contributed by atoms with Gasteiger partial charge in [0.2, 0.25) is 16.9 Å². The molecule has 218 valence electrons. The molecule has 1 atom stereocenters. The number of amides is 1. The summed E-state index contributed by atoms with van der Waals surface area (Å²) < 4.78 is 23.8. The first kappa shape index (κ1) is 29.2. The number of methoxy groups -OCH3 is 4. The molecular formula is C30H30ClN5O5S. The lowest BCUT2D eigenvalue weighted by molar-refractivity contribution is -0.113. The first-order valence-corrected chi connectivity index (χ1v) is 14.3. The largest absolute Gasteiger partial charge is 0.497 e. The molecule has 1 amide bonds. The van der Waals surface area contributed by atoms with Gasteiger partial charge < -0.3 is 29.6 Å². The molecule has 5 rings (SSSR count). The van der Waals surface area contributed by atoms with E-state index >= 15 is 0 Å². The minimum absolute atomic E-state index is 0.305. The van der Waals surface area contributed by atoms with Crippen LogP contribution < -0.4 is 29.6 Å². The second kappa shape index (κ2) is 12.7. The summed E-state index contributed by atoms with van der Waals surface area (Å²) in [6.45, 7) is 1.84. The number of fused-ring (bicyclic) bond motifs is 1. The summed E-state index contributed by atoms with van der Waals surface area (Å²) in [5.41, 5.74) is 3.49. The molecule has 0 saturated heterocycles. The van der Waals surface area contributed by atoms with Crippen LogP contribution in [-0.2, 0) is 10.5 Å². The third-order valence-corrected chi connectivity index (χ3v) is 7.87. The molecule has 10 nitrogen and oxygen atoms in total. The highest BCUT2D eigenvalue weighted by atomic mass is 35.5. The Kier molecular flexibility index (Phi) is 8.79. The molecule has 0 spiro atoms. The van der Waals surface area contributed by atoms with Crippen molar-refractivity contribution in [1.29, 1.82) is 0 Å². The number of hydrogen-bond acceptors (Lipinski definition) is 9. The van der Waals surface area contributed by atoms with E-state index in [0.717, 1.165) is 5.56 Å². The number of allylic oxidation sites excluding steroid dienone is 1. The Morgan fingerprint density at radius 2 is 1.64 bits per heavy atom. The molecule has 0 fully saturated rings. The highest BCUT2D eigenvalue weighted by Gasteiger charge is 2.35. The maximum Gasteiger partial charge on any atom is 0.255 e. The average Bonchev–Trinajstić information content (AvgIpc) is 3.41. The standard InChI is InChI=1S/C30H30ClN5O5S/c1-17-25(28(37)33-21-10-12-22(38-2)13-11-21)26(19-14-23(39-3)27(41-5)24(15-19)40-4)36-29(32-17)34-30(35-36)42-16-18-6-8-20(31)9-7-18/h6-15,26H,16H2,1-5H3,(H,33,37)(H,32,34,35). The van der Waals surface area contributed by atoms with Crippen molar-refractivity contribution < 1.29 is 23.7 Å². The third-order valence-electron chi connectivity index (χ3n) is 6.71. The summed E-state index contributed by atoms with van der Waals surface area (Å²) >= 11 is 7.52. The third kappa shape index (κ3) is 5.97. The molecule has 1 aliphatic heterocycles. The molecule has 12 heteroatoms. The number of hydrogen-bond donors (Lipinski definition) is 2. The molecule has 2 N–H and O–H groups in total. The van der Waals surface area contributed by atoms with E-state index in [9.17, 15) is 4.79 Å². The highest BCUT2D eigenvalue weighted by Crippen LogP contribution is 2.44. The van der Waals surface area contributed by atoms with Crippen LogP contribution in [0.15, 0.2) is 77.1 Å². The van der Waals surface area contributed by atoms with E-state index in [-0.39, 0.29) is 5.91 Å². The molecule has 1 aromatic heterocycles. The SMILES string of the molecule is COc1ccc(NC(=O)C2=C(C)Nc3nc(SCc4ccc(Cl)cc4)nn3C2c2cc(OC)c(OC)c(OC)c2)cc1. The Balaban J connectivity index is 1.55. The molecule has 0 aliphatic carbocycles. The molecule has 4 aromatic rings. The van der Waals surface area contributed by atoms with Gasteiger partial charge in [-0.1, -0.05) is 35.5 Å². The van der Waals surface area contributed by atoms with E-state index in [1.54, 1.807) is 57.4 Å². The van der Waals surface area contributed by atoms with Gasteiger partial charge in [0, 0.05) is 22.2 Å².